The van der Waals surface area contributed by atoms with Crippen LogP contribution in [0.3, 0.4) is 0 Å². The van der Waals surface area contributed by atoms with E-state index in [2.05, 4.69) is 6.58 Å². The number of carbonyl (C=O) groups is 3. The number of hydrogen-bond donors (Lipinski definition) is 0. The summed E-state index contributed by atoms with van der Waals surface area (Å²) in [6.07, 6.45) is 7.23. The molecule has 0 saturated heterocycles. The highest BCUT2D eigenvalue weighted by Crippen LogP contribution is 2.19. The maximum Gasteiger partial charge on any atom is 0.343 e. The average Bonchev–Trinajstić information content (AvgIpc) is 2.95. The Balaban J connectivity index is 1.33. The lowest BCUT2D eigenvalue weighted by Gasteiger charge is -2.08. The topological polar surface area (TPSA) is 88.1 Å². The highest BCUT2D eigenvalue weighted by Gasteiger charge is 2.12. The molecule has 204 valence electrons. The number of hydrogen-bond acceptors (Lipinski definition) is 7. The van der Waals surface area contributed by atoms with Gasteiger partial charge in [0.1, 0.15) is 17.2 Å². The number of esters is 3. The molecule has 0 bridgehead atoms. The van der Waals surface area contributed by atoms with Gasteiger partial charge in [-0.1, -0.05) is 50.0 Å². The molecule has 7 heteroatoms. The van der Waals surface area contributed by atoms with E-state index < -0.39 is 11.9 Å². The van der Waals surface area contributed by atoms with Crippen LogP contribution in [0.15, 0.2) is 85.5 Å². The zero-order valence-corrected chi connectivity index (χ0v) is 22.2. The summed E-state index contributed by atoms with van der Waals surface area (Å²) in [4.78, 5) is 35.8. The van der Waals surface area contributed by atoms with E-state index in [1.165, 1.54) is 6.08 Å². The Labute approximate surface area is 229 Å². The van der Waals surface area contributed by atoms with Gasteiger partial charge in [-0.05, 0) is 80.4 Å². The van der Waals surface area contributed by atoms with Gasteiger partial charge in [-0.3, -0.25) is 0 Å². The van der Waals surface area contributed by atoms with Gasteiger partial charge in [-0.15, -0.1) is 0 Å². The number of ether oxygens (including phenoxy) is 4. The third-order valence-corrected chi connectivity index (χ3v) is 5.84. The van der Waals surface area contributed by atoms with Crippen molar-refractivity contribution < 1.29 is 33.3 Å². The summed E-state index contributed by atoms with van der Waals surface area (Å²) in [5.74, 6) is 0.108. The van der Waals surface area contributed by atoms with Gasteiger partial charge in [0.05, 0.1) is 24.3 Å². The van der Waals surface area contributed by atoms with Crippen LogP contribution in [0.5, 0.6) is 17.2 Å². The summed E-state index contributed by atoms with van der Waals surface area (Å²) in [7, 11) is 0. The van der Waals surface area contributed by atoms with Crippen LogP contribution in [0.4, 0.5) is 0 Å². The zero-order valence-electron chi connectivity index (χ0n) is 22.2. The van der Waals surface area contributed by atoms with E-state index in [0.717, 1.165) is 44.1 Å². The van der Waals surface area contributed by atoms with Crippen LogP contribution in [-0.2, 0) is 9.53 Å². The fourth-order valence-electron chi connectivity index (χ4n) is 3.62. The first-order valence-corrected chi connectivity index (χ1v) is 13.1. The largest absolute Gasteiger partial charge is 0.494 e. The van der Waals surface area contributed by atoms with Crippen LogP contribution < -0.4 is 14.2 Å². The van der Waals surface area contributed by atoms with Crippen molar-refractivity contribution in [2.75, 3.05) is 13.2 Å². The molecule has 3 aromatic rings. The Morgan fingerprint density at radius 3 is 1.56 bits per heavy atom. The average molecular weight is 531 g/mol. The molecular weight excluding hydrogens is 496 g/mol. The van der Waals surface area contributed by atoms with E-state index in [4.69, 9.17) is 18.9 Å². The van der Waals surface area contributed by atoms with Crippen molar-refractivity contribution in [2.45, 2.75) is 45.4 Å². The molecule has 0 radical (unpaired) electrons. The molecule has 0 spiro atoms. The maximum absolute atomic E-state index is 12.5. The maximum atomic E-state index is 12.5. The normalized spacial score (nSPS) is 10.4. The SMILES string of the molecule is C=CC(=O)OCCCCCCCCOc1ccc(C(=O)Oc2ccc(C(=O)Oc3ccc(C)cc3)cc2)cc1. The number of benzene rings is 3. The zero-order chi connectivity index (χ0) is 27.9. The Hall–Kier alpha value is -4.39. The summed E-state index contributed by atoms with van der Waals surface area (Å²) in [6, 6.07) is 20.2. The minimum Gasteiger partial charge on any atom is -0.494 e. The van der Waals surface area contributed by atoms with Crippen molar-refractivity contribution in [3.05, 3.63) is 102 Å². The molecular formula is C32H34O7. The molecule has 0 saturated carbocycles. The molecule has 0 aliphatic heterocycles. The van der Waals surface area contributed by atoms with Gasteiger partial charge in [0, 0.05) is 6.08 Å². The van der Waals surface area contributed by atoms with Crippen molar-refractivity contribution in [3.8, 4) is 17.2 Å². The van der Waals surface area contributed by atoms with Gasteiger partial charge in [-0.2, -0.15) is 0 Å². The van der Waals surface area contributed by atoms with Crippen LogP contribution >= 0.6 is 0 Å². The molecule has 0 aromatic heterocycles. The fourth-order valence-corrected chi connectivity index (χ4v) is 3.62. The molecule has 0 unspecified atom stereocenters. The van der Waals surface area contributed by atoms with Gasteiger partial charge < -0.3 is 18.9 Å². The summed E-state index contributed by atoms with van der Waals surface area (Å²) in [5, 5.41) is 0. The second-order valence-corrected chi connectivity index (χ2v) is 8.98. The molecule has 0 aliphatic rings. The summed E-state index contributed by atoms with van der Waals surface area (Å²) in [6.45, 7) is 6.36. The third kappa shape index (κ3) is 10.5. The van der Waals surface area contributed by atoms with Gasteiger partial charge in [-0.25, -0.2) is 14.4 Å². The first-order valence-electron chi connectivity index (χ1n) is 13.1. The first kappa shape index (κ1) is 29.2. The van der Waals surface area contributed by atoms with Crippen molar-refractivity contribution >= 4 is 17.9 Å². The molecule has 3 rings (SSSR count). The van der Waals surface area contributed by atoms with E-state index in [1.807, 2.05) is 19.1 Å². The summed E-state index contributed by atoms with van der Waals surface area (Å²) >= 11 is 0. The Morgan fingerprint density at radius 1 is 0.615 bits per heavy atom. The van der Waals surface area contributed by atoms with Gasteiger partial charge >= 0.3 is 17.9 Å². The van der Waals surface area contributed by atoms with Crippen molar-refractivity contribution in [1.29, 1.82) is 0 Å². The van der Waals surface area contributed by atoms with Gasteiger partial charge in [0.2, 0.25) is 0 Å². The van der Waals surface area contributed by atoms with Crippen molar-refractivity contribution in [3.63, 3.8) is 0 Å². The van der Waals surface area contributed by atoms with E-state index in [1.54, 1.807) is 60.7 Å². The van der Waals surface area contributed by atoms with Crippen LogP contribution in [0, 0.1) is 6.92 Å². The smallest absolute Gasteiger partial charge is 0.343 e. The summed E-state index contributed by atoms with van der Waals surface area (Å²) in [5.41, 5.74) is 1.82. The molecule has 0 aliphatic carbocycles. The first-order chi connectivity index (χ1) is 18.9. The molecule has 0 atom stereocenters. The lowest BCUT2D eigenvalue weighted by Crippen LogP contribution is -2.10. The number of unbranched alkanes of at least 4 members (excludes halogenated alkanes) is 5. The Kier molecular flexibility index (Phi) is 11.8. The van der Waals surface area contributed by atoms with E-state index >= 15 is 0 Å². The molecule has 0 heterocycles. The highest BCUT2D eigenvalue weighted by molar-refractivity contribution is 5.92. The monoisotopic (exact) mass is 530 g/mol. The molecule has 3 aromatic carbocycles. The second kappa shape index (κ2) is 15.8. The molecule has 0 fully saturated rings. The molecule has 7 nitrogen and oxygen atoms in total. The molecule has 0 N–H and O–H groups in total. The van der Waals surface area contributed by atoms with Crippen LogP contribution in [0.2, 0.25) is 0 Å². The van der Waals surface area contributed by atoms with Crippen LogP contribution in [-0.4, -0.2) is 31.1 Å². The fraction of sp³-hybridized carbons (Fsp3) is 0.281. The quantitative estimate of drug-likeness (QED) is 0.0916. The predicted octanol–water partition coefficient (Wildman–Crippen LogP) is 6.88. The lowest BCUT2D eigenvalue weighted by atomic mass is 10.1. The van der Waals surface area contributed by atoms with Gasteiger partial charge in [0.15, 0.2) is 0 Å². The predicted molar refractivity (Wildman–Crippen MR) is 148 cm³/mol. The number of rotatable bonds is 15. The number of aryl methyl sites for hydroxylation is 1. The molecule has 39 heavy (non-hydrogen) atoms. The van der Waals surface area contributed by atoms with E-state index in [0.29, 0.717) is 41.6 Å². The van der Waals surface area contributed by atoms with Gasteiger partial charge in [0.25, 0.3) is 0 Å². The van der Waals surface area contributed by atoms with Crippen LogP contribution in [0.1, 0.15) is 64.8 Å². The highest BCUT2D eigenvalue weighted by atomic mass is 16.5. The summed E-state index contributed by atoms with van der Waals surface area (Å²) < 4.78 is 21.5. The standard InChI is InChI=1S/C32H34O7/c1-3-30(33)37-23-9-7-5-4-6-8-22-36-27-18-12-25(13-19-27)31(34)39-29-20-14-26(15-21-29)32(35)38-28-16-10-24(2)11-17-28/h3,10-21H,1,4-9,22-23H2,2H3. The third-order valence-electron chi connectivity index (χ3n) is 5.84. The second-order valence-electron chi connectivity index (χ2n) is 8.98. The van der Waals surface area contributed by atoms with E-state index in [9.17, 15) is 14.4 Å². The van der Waals surface area contributed by atoms with Crippen LogP contribution in [0.25, 0.3) is 0 Å². The van der Waals surface area contributed by atoms with Crippen molar-refractivity contribution in [1.82, 2.24) is 0 Å². The number of carbonyl (C=O) groups excluding carboxylic acids is 3. The minimum absolute atomic E-state index is 0.324. The van der Waals surface area contributed by atoms with Crippen molar-refractivity contribution in [2.24, 2.45) is 0 Å². The van der Waals surface area contributed by atoms with E-state index in [-0.39, 0.29) is 5.97 Å². The Morgan fingerprint density at radius 2 is 1.05 bits per heavy atom. The molecule has 0 amide bonds. The lowest BCUT2D eigenvalue weighted by molar-refractivity contribution is -0.137. The minimum atomic E-state index is -0.504. The Bertz CT molecular complexity index is 1210.